The Morgan fingerprint density at radius 1 is 1.17 bits per heavy atom. The molecule has 5 heteroatoms. The van der Waals surface area contributed by atoms with Crippen LogP contribution < -0.4 is 0 Å². The van der Waals surface area contributed by atoms with Crippen LogP contribution in [0, 0.1) is 0 Å². The van der Waals surface area contributed by atoms with Crippen molar-refractivity contribution in [2.75, 3.05) is 40.8 Å². The smallest absolute Gasteiger partial charge is 0.180 e. The van der Waals surface area contributed by atoms with Crippen LogP contribution >= 0.6 is 0 Å². The van der Waals surface area contributed by atoms with Crippen molar-refractivity contribution < 1.29 is 15.0 Å². The lowest BCUT2D eigenvalue weighted by Crippen LogP contribution is -2.32. The van der Waals surface area contributed by atoms with Gasteiger partial charge in [0, 0.05) is 19.2 Å². The van der Waals surface area contributed by atoms with Crippen molar-refractivity contribution >= 4 is 5.78 Å². The molecule has 5 nitrogen and oxygen atoms in total. The number of hydrogen-bond acceptors (Lipinski definition) is 5. The molecule has 0 fully saturated rings. The molecule has 18 heavy (non-hydrogen) atoms. The van der Waals surface area contributed by atoms with Crippen LogP contribution in [0.25, 0.3) is 0 Å². The monoisotopic (exact) mass is 252 g/mol. The molecule has 0 bridgehead atoms. The van der Waals surface area contributed by atoms with Crippen LogP contribution in [0.3, 0.4) is 0 Å². The molecule has 0 unspecified atom stereocenters. The number of hydrogen-bond donors (Lipinski definition) is 2. The molecule has 0 atom stereocenters. The van der Waals surface area contributed by atoms with E-state index in [1.807, 2.05) is 30.9 Å². The largest absolute Gasteiger partial charge is 0.508 e. The summed E-state index contributed by atoms with van der Waals surface area (Å²) in [5.74, 6) is -0.389. The number of aromatic hydroxyl groups is 2. The van der Waals surface area contributed by atoms with Crippen LogP contribution in [0.4, 0.5) is 0 Å². The number of benzene rings is 1. The summed E-state index contributed by atoms with van der Waals surface area (Å²) in [5.41, 5.74) is 0.240. The maximum absolute atomic E-state index is 11.9. The molecule has 1 rings (SSSR count). The summed E-state index contributed by atoms with van der Waals surface area (Å²) < 4.78 is 0. The van der Waals surface area contributed by atoms with Gasteiger partial charge in [0.1, 0.15) is 11.5 Å². The maximum Gasteiger partial charge on any atom is 0.180 e. The molecular weight excluding hydrogens is 232 g/mol. The molecule has 100 valence electrons. The molecule has 0 spiro atoms. The summed E-state index contributed by atoms with van der Waals surface area (Å²) in [6, 6.07) is 4.01. The molecule has 0 amide bonds. The van der Waals surface area contributed by atoms with Gasteiger partial charge in [0.15, 0.2) is 5.78 Å². The molecule has 1 aromatic rings. The Hall–Kier alpha value is -1.59. The molecule has 0 saturated carbocycles. The number of ketones is 1. The van der Waals surface area contributed by atoms with E-state index in [9.17, 15) is 9.90 Å². The minimum atomic E-state index is -0.180. The number of likely N-dealkylation sites (N-methyl/N-ethyl adjacent to an activating group) is 2. The van der Waals surface area contributed by atoms with Crippen LogP contribution in [-0.4, -0.2) is 66.6 Å². The van der Waals surface area contributed by atoms with E-state index in [0.717, 1.165) is 13.1 Å². The minimum Gasteiger partial charge on any atom is -0.508 e. The summed E-state index contributed by atoms with van der Waals surface area (Å²) >= 11 is 0. The summed E-state index contributed by atoms with van der Waals surface area (Å²) in [4.78, 5) is 15.9. The number of Topliss-reactive ketones (excluding diaryl/α,β-unsaturated/α-hetero) is 1. The predicted molar refractivity (Wildman–Crippen MR) is 70.2 cm³/mol. The van der Waals surface area contributed by atoms with E-state index < -0.39 is 0 Å². The van der Waals surface area contributed by atoms with Gasteiger partial charge in [-0.15, -0.1) is 0 Å². The van der Waals surface area contributed by atoms with Crippen LogP contribution in [0.15, 0.2) is 18.2 Å². The highest BCUT2D eigenvalue weighted by atomic mass is 16.3. The molecule has 0 aliphatic heterocycles. The Balaban J connectivity index is 2.59. The van der Waals surface area contributed by atoms with Gasteiger partial charge < -0.3 is 15.1 Å². The van der Waals surface area contributed by atoms with E-state index in [0.29, 0.717) is 0 Å². The number of phenolic OH excluding ortho intramolecular Hbond substituents is 2. The predicted octanol–water partition coefficient (Wildman–Crippen LogP) is 0.774. The Morgan fingerprint density at radius 2 is 1.83 bits per heavy atom. The number of nitrogens with zero attached hydrogens (tertiary/aromatic N) is 2. The van der Waals surface area contributed by atoms with E-state index in [1.54, 1.807) is 0 Å². The average Bonchev–Trinajstić information content (AvgIpc) is 2.26. The zero-order valence-corrected chi connectivity index (χ0v) is 11.1. The van der Waals surface area contributed by atoms with Crippen molar-refractivity contribution in [2.24, 2.45) is 0 Å². The van der Waals surface area contributed by atoms with Gasteiger partial charge in [0.25, 0.3) is 0 Å². The third-order valence-electron chi connectivity index (χ3n) is 2.62. The fourth-order valence-electron chi connectivity index (χ4n) is 1.54. The van der Waals surface area contributed by atoms with Gasteiger partial charge in [-0.25, -0.2) is 0 Å². The first-order valence-electron chi connectivity index (χ1n) is 5.78. The first-order valence-corrected chi connectivity index (χ1v) is 5.78. The summed E-state index contributed by atoms with van der Waals surface area (Å²) in [6.07, 6.45) is 0. The molecule has 0 radical (unpaired) electrons. The molecule has 0 aliphatic rings. The molecular formula is C13H20N2O3. The minimum absolute atomic E-state index is 0.0509. The van der Waals surface area contributed by atoms with E-state index in [-0.39, 0.29) is 29.4 Å². The van der Waals surface area contributed by atoms with Gasteiger partial charge in [0.2, 0.25) is 0 Å². The van der Waals surface area contributed by atoms with Crippen molar-refractivity contribution in [3.63, 3.8) is 0 Å². The zero-order valence-electron chi connectivity index (χ0n) is 11.1. The fourth-order valence-corrected chi connectivity index (χ4v) is 1.54. The van der Waals surface area contributed by atoms with Gasteiger partial charge in [-0.1, -0.05) is 0 Å². The molecule has 1 aromatic carbocycles. The van der Waals surface area contributed by atoms with Crippen molar-refractivity contribution in [3.05, 3.63) is 23.8 Å². The van der Waals surface area contributed by atoms with Gasteiger partial charge in [0.05, 0.1) is 12.1 Å². The van der Waals surface area contributed by atoms with Crippen molar-refractivity contribution in [2.45, 2.75) is 0 Å². The highest BCUT2D eigenvalue weighted by Crippen LogP contribution is 2.22. The van der Waals surface area contributed by atoms with Gasteiger partial charge >= 0.3 is 0 Å². The first kappa shape index (κ1) is 14.5. The van der Waals surface area contributed by atoms with E-state index in [1.165, 1.54) is 18.2 Å². The second-order valence-corrected chi connectivity index (χ2v) is 4.67. The zero-order chi connectivity index (χ0) is 13.7. The topological polar surface area (TPSA) is 64.0 Å². The second kappa shape index (κ2) is 6.37. The lowest BCUT2D eigenvalue weighted by molar-refractivity contribution is 0.0940. The van der Waals surface area contributed by atoms with Crippen molar-refractivity contribution in [1.29, 1.82) is 0 Å². The van der Waals surface area contributed by atoms with Crippen molar-refractivity contribution in [1.82, 2.24) is 9.80 Å². The fraction of sp³-hybridized carbons (Fsp3) is 0.462. The number of carbonyl (C=O) groups excluding carboxylic acids is 1. The van der Waals surface area contributed by atoms with Crippen molar-refractivity contribution in [3.8, 4) is 11.5 Å². The van der Waals surface area contributed by atoms with E-state index in [4.69, 9.17) is 5.11 Å². The Kier molecular flexibility index (Phi) is 5.12. The molecule has 0 saturated heterocycles. The highest BCUT2D eigenvalue weighted by molar-refractivity contribution is 6.00. The normalized spacial score (nSPS) is 11.2. The van der Waals surface area contributed by atoms with Crippen LogP contribution in [0.5, 0.6) is 11.5 Å². The SMILES string of the molecule is CN(C)CCN(C)CC(=O)c1ccc(O)cc1O. The number of carbonyl (C=O) groups is 1. The summed E-state index contributed by atoms with van der Waals surface area (Å²) in [5, 5.41) is 18.7. The van der Waals surface area contributed by atoms with Gasteiger partial charge in [-0.05, 0) is 33.3 Å². The Labute approximate surface area is 107 Å². The second-order valence-electron chi connectivity index (χ2n) is 4.67. The van der Waals surface area contributed by atoms with Gasteiger partial charge in [-0.3, -0.25) is 9.69 Å². The summed E-state index contributed by atoms with van der Waals surface area (Å²) in [6.45, 7) is 1.88. The lowest BCUT2D eigenvalue weighted by atomic mass is 10.1. The molecule has 0 aliphatic carbocycles. The standard InChI is InChI=1S/C13H20N2O3/c1-14(2)6-7-15(3)9-13(18)11-5-4-10(16)8-12(11)17/h4-5,8,16-17H,6-7,9H2,1-3H3. The third kappa shape index (κ3) is 4.35. The highest BCUT2D eigenvalue weighted by Gasteiger charge is 2.13. The van der Waals surface area contributed by atoms with Crippen LogP contribution in [-0.2, 0) is 0 Å². The Morgan fingerprint density at radius 3 is 2.39 bits per heavy atom. The molecule has 2 N–H and O–H groups in total. The maximum atomic E-state index is 11.9. The average molecular weight is 252 g/mol. The lowest BCUT2D eigenvalue weighted by Gasteiger charge is -2.18. The number of rotatable bonds is 6. The van der Waals surface area contributed by atoms with Gasteiger partial charge in [-0.2, -0.15) is 0 Å². The molecule has 0 aromatic heterocycles. The van der Waals surface area contributed by atoms with Crippen LogP contribution in [0.1, 0.15) is 10.4 Å². The quantitative estimate of drug-likeness (QED) is 0.732. The van der Waals surface area contributed by atoms with Crippen LogP contribution in [0.2, 0.25) is 0 Å². The molecule has 0 heterocycles. The Bertz CT molecular complexity index is 419. The summed E-state index contributed by atoms with van der Waals surface area (Å²) in [7, 11) is 5.81. The number of phenols is 2. The third-order valence-corrected chi connectivity index (χ3v) is 2.62. The van der Waals surface area contributed by atoms with E-state index in [2.05, 4.69) is 0 Å². The van der Waals surface area contributed by atoms with E-state index >= 15 is 0 Å². The first-order chi connectivity index (χ1) is 8.40.